The van der Waals surface area contributed by atoms with Gasteiger partial charge in [-0.3, -0.25) is 9.88 Å². The van der Waals surface area contributed by atoms with Gasteiger partial charge in [-0.15, -0.1) is 0 Å². The van der Waals surface area contributed by atoms with Crippen LogP contribution in [0, 0.1) is 5.92 Å². The summed E-state index contributed by atoms with van der Waals surface area (Å²) < 4.78 is 5.35. The zero-order chi connectivity index (χ0) is 11.9. The van der Waals surface area contributed by atoms with Gasteiger partial charge in [-0.25, -0.2) is 0 Å². The van der Waals surface area contributed by atoms with Crippen LogP contribution in [0.3, 0.4) is 0 Å². The quantitative estimate of drug-likeness (QED) is 0.809. The second-order valence-electron chi connectivity index (χ2n) is 4.54. The third kappa shape index (κ3) is 4.07. The van der Waals surface area contributed by atoms with Gasteiger partial charge in [0.15, 0.2) is 0 Å². The number of nitrogens with two attached hydrogens (primary N) is 1. The molecule has 2 heterocycles. The first-order chi connectivity index (χ1) is 8.38. The molecule has 4 heteroatoms. The average Bonchev–Trinajstić information content (AvgIpc) is 2.40. The molecule has 94 valence electrons. The summed E-state index contributed by atoms with van der Waals surface area (Å²) in [4.78, 5) is 6.80. The predicted molar refractivity (Wildman–Crippen MR) is 67.7 cm³/mol. The second-order valence-corrected chi connectivity index (χ2v) is 4.54. The first-order valence-electron chi connectivity index (χ1n) is 6.28. The molecule has 1 aromatic heterocycles. The van der Waals surface area contributed by atoms with Crippen molar-refractivity contribution in [3.05, 3.63) is 30.1 Å². The molecule has 4 nitrogen and oxygen atoms in total. The lowest BCUT2D eigenvalue weighted by Gasteiger charge is -2.29. The number of rotatable bonds is 5. The number of aromatic nitrogens is 1. The normalized spacial score (nSPS) is 19.1. The van der Waals surface area contributed by atoms with Gasteiger partial charge in [-0.2, -0.15) is 0 Å². The minimum absolute atomic E-state index is 0.489. The van der Waals surface area contributed by atoms with Crippen LogP contribution in [-0.4, -0.2) is 49.3 Å². The van der Waals surface area contributed by atoms with Crippen LogP contribution in [0.5, 0.6) is 0 Å². The monoisotopic (exact) mass is 235 g/mol. The SMILES string of the molecule is NCC(Cc1ccccn1)CN1CCOCC1. The van der Waals surface area contributed by atoms with Crippen LogP contribution >= 0.6 is 0 Å². The first kappa shape index (κ1) is 12.5. The molecule has 0 spiro atoms. The highest BCUT2D eigenvalue weighted by Crippen LogP contribution is 2.08. The maximum atomic E-state index is 5.85. The fraction of sp³-hybridized carbons (Fsp3) is 0.615. The molecule has 0 aliphatic carbocycles. The van der Waals surface area contributed by atoms with E-state index in [4.69, 9.17) is 10.5 Å². The number of hydrogen-bond acceptors (Lipinski definition) is 4. The summed E-state index contributed by atoms with van der Waals surface area (Å²) in [5.41, 5.74) is 6.99. The zero-order valence-corrected chi connectivity index (χ0v) is 10.2. The highest BCUT2D eigenvalue weighted by atomic mass is 16.5. The van der Waals surface area contributed by atoms with Gasteiger partial charge >= 0.3 is 0 Å². The van der Waals surface area contributed by atoms with Crippen LogP contribution in [0.25, 0.3) is 0 Å². The Morgan fingerprint density at radius 1 is 1.35 bits per heavy atom. The van der Waals surface area contributed by atoms with E-state index in [1.807, 2.05) is 18.3 Å². The Balaban J connectivity index is 1.83. The summed E-state index contributed by atoms with van der Waals surface area (Å²) in [7, 11) is 0. The smallest absolute Gasteiger partial charge is 0.0594 e. The van der Waals surface area contributed by atoms with Crippen LogP contribution in [0.2, 0.25) is 0 Å². The Hall–Kier alpha value is -0.970. The van der Waals surface area contributed by atoms with Crippen molar-refractivity contribution in [1.82, 2.24) is 9.88 Å². The fourth-order valence-electron chi connectivity index (χ4n) is 2.19. The van der Waals surface area contributed by atoms with E-state index >= 15 is 0 Å². The molecule has 1 fully saturated rings. The minimum atomic E-state index is 0.489. The molecule has 0 radical (unpaired) electrons. The van der Waals surface area contributed by atoms with Gasteiger partial charge in [0.1, 0.15) is 0 Å². The molecule has 1 atom stereocenters. The van der Waals surface area contributed by atoms with Gasteiger partial charge < -0.3 is 10.5 Å². The third-order valence-corrected chi connectivity index (χ3v) is 3.18. The molecule has 1 aliphatic heterocycles. The van der Waals surface area contributed by atoms with E-state index < -0.39 is 0 Å². The van der Waals surface area contributed by atoms with Crippen molar-refractivity contribution < 1.29 is 4.74 Å². The zero-order valence-electron chi connectivity index (χ0n) is 10.2. The molecule has 0 bridgehead atoms. The number of morpholine rings is 1. The Labute approximate surface area is 103 Å². The Bertz CT molecular complexity index is 312. The molecule has 17 heavy (non-hydrogen) atoms. The fourth-order valence-corrected chi connectivity index (χ4v) is 2.19. The van der Waals surface area contributed by atoms with E-state index in [1.165, 1.54) is 0 Å². The van der Waals surface area contributed by atoms with Crippen LogP contribution in [0.15, 0.2) is 24.4 Å². The van der Waals surface area contributed by atoms with Crippen LogP contribution < -0.4 is 5.73 Å². The lowest BCUT2D eigenvalue weighted by atomic mass is 10.0. The average molecular weight is 235 g/mol. The lowest BCUT2D eigenvalue weighted by Crippen LogP contribution is -2.41. The molecule has 0 saturated carbocycles. The van der Waals surface area contributed by atoms with Crippen molar-refractivity contribution in [2.75, 3.05) is 39.4 Å². The highest BCUT2D eigenvalue weighted by molar-refractivity contribution is 5.04. The van der Waals surface area contributed by atoms with Crippen molar-refractivity contribution in [2.45, 2.75) is 6.42 Å². The molecule has 0 amide bonds. The summed E-state index contributed by atoms with van der Waals surface area (Å²) in [6.07, 6.45) is 2.81. The second kappa shape index (κ2) is 6.69. The molecule has 2 rings (SSSR count). The van der Waals surface area contributed by atoms with E-state index in [9.17, 15) is 0 Å². The van der Waals surface area contributed by atoms with Crippen LogP contribution in [0.1, 0.15) is 5.69 Å². The molecule has 1 unspecified atom stereocenters. The summed E-state index contributed by atoms with van der Waals surface area (Å²) in [6, 6.07) is 6.05. The van der Waals surface area contributed by atoms with Crippen LogP contribution in [-0.2, 0) is 11.2 Å². The molecular formula is C13H21N3O. The maximum Gasteiger partial charge on any atom is 0.0594 e. The molecule has 1 saturated heterocycles. The lowest BCUT2D eigenvalue weighted by molar-refractivity contribution is 0.0311. The van der Waals surface area contributed by atoms with Crippen molar-refractivity contribution in [1.29, 1.82) is 0 Å². The van der Waals surface area contributed by atoms with Crippen LogP contribution in [0.4, 0.5) is 0 Å². The molecule has 2 N–H and O–H groups in total. The number of hydrogen-bond donors (Lipinski definition) is 1. The van der Waals surface area contributed by atoms with Gasteiger partial charge in [0.05, 0.1) is 13.2 Å². The molecular weight excluding hydrogens is 214 g/mol. The van der Waals surface area contributed by atoms with Gasteiger partial charge in [-0.05, 0) is 31.0 Å². The summed E-state index contributed by atoms with van der Waals surface area (Å²) in [5, 5.41) is 0. The molecule has 0 aromatic carbocycles. The number of nitrogens with zero attached hydrogens (tertiary/aromatic N) is 2. The van der Waals surface area contributed by atoms with Crippen molar-refractivity contribution in [3.8, 4) is 0 Å². The maximum absolute atomic E-state index is 5.85. The predicted octanol–water partition coefficient (Wildman–Crippen LogP) is 0.531. The highest BCUT2D eigenvalue weighted by Gasteiger charge is 2.16. The van der Waals surface area contributed by atoms with E-state index in [1.54, 1.807) is 0 Å². The van der Waals surface area contributed by atoms with E-state index in [2.05, 4.69) is 16.0 Å². The van der Waals surface area contributed by atoms with Gasteiger partial charge in [-0.1, -0.05) is 6.07 Å². The third-order valence-electron chi connectivity index (χ3n) is 3.18. The standard InChI is InChI=1S/C13H21N3O/c14-10-12(9-13-3-1-2-4-15-13)11-16-5-7-17-8-6-16/h1-4,12H,5-11,14H2. The molecule has 1 aromatic rings. The minimum Gasteiger partial charge on any atom is -0.379 e. The summed E-state index contributed by atoms with van der Waals surface area (Å²) in [5.74, 6) is 0.489. The van der Waals surface area contributed by atoms with E-state index in [0.717, 1.165) is 45.0 Å². The van der Waals surface area contributed by atoms with Gasteiger partial charge in [0.25, 0.3) is 0 Å². The Kier molecular flexibility index (Phi) is 4.91. The summed E-state index contributed by atoms with van der Waals surface area (Å²) >= 11 is 0. The largest absolute Gasteiger partial charge is 0.379 e. The van der Waals surface area contributed by atoms with E-state index in [0.29, 0.717) is 12.5 Å². The van der Waals surface area contributed by atoms with E-state index in [-0.39, 0.29) is 0 Å². The van der Waals surface area contributed by atoms with Crippen molar-refractivity contribution in [3.63, 3.8) is 0 Å². The summed E-state index contributed by atoms with van der Waals surface area (Å²) in [6.45, 7) is 5.52. The Morgan fingerprint density at radius 3 is 2.82 bits per heavy atom. The number of ether oxygens (including phenoxy) is 1. The van der Waals surface area contributed by atoms with Gasteiger partial charge in [0, 0.05) is 31.5 Å². The first-order valence-corrected chi connectivity index (χ1v) is 6.28. The molecule has 1 aliphatic rings. The number of pyridine rings is 1. The van der Waals surface area contributed by atoms with Crippen molar-refractivity contribution in [2.24, 2.45) is 11.7 Å². The Morgan fingerprint density at radius 2 is 2.18 bits per heavy atom. The topological polar surface area (TPSA) is 51.4 Å². The van der Waals surface area contributed by atoms with Crippen molar-refractivity contribution >= 4 is 0 Å². The van der Waals surface area contributed by atoms with Gasteiger partial charge in [0.2, 0.25) is 0 Å².